The van der Waals surface area contributed by atoms with Crippen molar-refractivity contribution in [1.29, 1.82) is 0 Å². The number of nitrogens with one attached hydrogen (secondary N) is 1. The number of hydroxylamine groups is 2. The summed E-state index contributed by atoms with van der Waals surface area (Å²) in [5, 5.41) is 60.5. The SMILES string of the molecule is Cc1cc(C)cc(C2=C3N=CC=C3CN2OC2C(Oc3ccc4c(=O)c(-c5ccc(O)cc5)coc4c3)OC(COC(=O)C(NCCC=O)C(=O)O)C(O)C2(O)C(O)CC(C)C)c1. The molecule has 332 valence electrons. The minimum atomic E-state index is -2.63. The molecule has 0 aliphatic carbocycles. The zero-order valence-electron chi connectivity index (χ0n) is 35.0. The van der Waals surface area contributed by atoms with Crippen LogP contribution < -0.4 is 15.5 Å². The van der Waals surface area contributed by atoms with Gasteiger partial charge in [-0.15, -0.1) is 0 Å². The van der Waals surface area contributed by atoms with E-state index in [0.717, 1.165) is 22.3 Å². The lowest BCUT2D eigenvalue weighted by atomic mass is 9.77. The second kappa shape index (κ2) is 18.6. The maximum Gasteiger partial charge on any atom is 0.334 e. The first-order valence-electron chi connectivity index (χ1n) is 20.4. The van der Waals surface area contributed by atoms with Crippen molar-refractivity contribution >= 4 is 41.1 Å². The first-order valence-corrected chi connectivity index (χ1v) is 20.4. The molecule has 63 heavy (non-hydrogen) atoms. The molecule has 17 nitrogen and oxygen atoms in total. The summed E-state index contributed by atoms with van der Waals surface area (Å²) in [5.74, 6) is -3.02. The molecule has 0 bridgehead atoms. The molecule has 6 N–H and O–H groups in total. The second-order valence-corrected chi connectivity index (χ2v) is 16.2. The number of nitrogens with zero attached hydrogens (tertiary/aromatic N) is 2. The summed E-state index contributed by atoms with van der Waals surface area (Å²) >= 11 is 0. The van der Waals surface area contributed by atoms with Gasteiger partial charge in [-0.1, -0.05) is 43.2 Å². The number of phenols is 1. The highest BCUT2D eigenvalue weighted by Gasteiger charge is 2.62. The fraction of sp³-hybridized carbons (Fsp3) is 0.370. The van der Waals surface area contributed by atoms with E-state index in [1.807, 2.05) is 38.1 Å². The number of aromatic hydroxyl groups is 1. The summed E-state index contributed by atoms with van der Waals surface area (Å²) in [4.78, 5) is 60.8. The van der Waals surface area contributed by atoms with Gasteiger partial charge in [0.25, 0.3) is 0 Å². The number of aryl methyl sites for hydroxylation is 2. The Morgan fingerprint density at radius 3 is 2.48 bits per heavy atom. The van der Waals surface area contributed by atoms with Crippen molar-refractivity contribution in [2.75, 3.05) is 19.7 Å². The first-order chi connectivity index (χ1) is 30.1. The molecule has 4 heterocycles. The predicted molar refractivity (Wildman–Crippen MR) is 227 cm³/mol. The Bertz CT molecular complexity index is 2510. The molecule has 7 atom stereocenters. The standard InChI is InChI=1S/C46H49N3O14/c1-24(2)16-36(52)46(58)41(54)35(23-60-44(57)38(43(55)56)47-13-5-15-50)62-45(42(46)63-49-21-28-12-14-48-37(28)39(49)29-18-25(3)17-26(4)19-29)61-31-10-11-32-34(20-31)59-22-33(40(32)53)27-6-8-30(51)9-7-27/h6-12,14-15,17-20,22,24,35-36,38,41-42,45,47,51-52,54,58H,5,13,16,21,23H2,1-4H3,(H,55,56). The van der Waals surface area contributed by atoms with Gasteiger partial charge in [-0.3, -0.25) is 19.9 Å². The van der Waals surface area contributed by atoms with Crippen LogP contribution >= 0.6 is 0 Å². The average molecular weight is 868 g/mol. The lowest BCUT2D eigenvalue weighted by Gasteiger charge is -2.52. The number of carboxylic acids is 1. The molecule has 3 aromatic carbocycles. The highest BCUT2D eigenvalue weighted by molar-refractivity contribution is 5.98. The van der Waals surface area contributed by atoms with E-state index in [2.05, 4.69) is 10.3 Å². The molecular weight excluding hydrogens is 819 g/mol. The molecule has 3 aliphatic rings. The molecule has 4 aromatic rings. The Hall–Kier alpha value is -6.21. The van der Waals surface area contributed by atoms with Gasteiger partial charge >= 0.3 is 11.9 Å². The predicted octanol–water partition coefficient (Wildman–Crippen LogP) is 3.56. The molecule has 17 heteroatoms. The number of carbonyl (C=O) groups excluding carboxylic acids is 2. The minimum Gasteiger partial charge on any atom is -0.508 e. The van der Waals surface area contributed by atoms with Gasteiger partial charge in [-0.2, -0.15) is 0 Å². The fourth-order valence-corrected chi connectivity index (χ4v) is 8.02. The first kappa shape index (κ1) is 44.8. The van der Waals surface area contributed by atoms with Gasteiger partial charge in [0.2, 0.25) is 12.3 Å². The van der Waals surface area contributed by atoms with Crippen LogP contribution in [-0.2, 0) is 28.7 Å². The van der Waals surface area contributed by atoms with Crippen LogP contribution in [0.4, 0.5) is 0 Å². The van der Waals surface area contributed by atoms with E-state index in [1.165, 1.54) is 41.7 Å². The molecule has 3 aliphatic heterocycles. The molecule has 0 amide bonds. The van der Waals surface area contributed by atoms with Crippen LogP contribution in [0.3, 0.4) is 0 Å². The van der Waals surface area contributed by atoms with Crippen LogP contribution in [0, 0.1) is 19.8 Å². The van der Waals surface area contributed by atoms with Gasteiger partial charge in [0, 0.05) is 36.4 Å². The van der Waals surface area contributed by atoms with Gasteiger partial charge in [-0.05, 0) is 74.2 Å². The number of aliphatic carboxylic acids is 1. The summed E-state index contributed by atoms with van der Waals surface area (Å²) in [6, 6.07) is 14.4. The van der Waals surface area contributed by atoms with Gasteiger partial charge in [0.1, 0.15) is 48.4 Å². The fourth-order valence-electron chi connectivity index (χ4n) is 8.02. The van der Waals surface area contributed by atoms with Gasteiger partial charge in [-0.25, -0.2) is 14.7 Å². The number of fused-ring (bicyclic) bond motifs is 2. The van der Waals surface area contributed by atoms with Crippen LogP contribution in [0.1, 0.15) is 43.4 Å². The average Bonchev–Trinajstić information content (AvgIpc) is 3.83. The normalized spacial score (nSPS) is 22.9. The highest BCUT2D eigenvalue weighted by atomic mass is 16.8. The number of phenolic OH excluding ortho intramolecular Hbond substituents is 1. The van der Waals surface area contributed by atoms with E-state index in [4.69, 9.17) is 23.5 Å². The van der Waals surface area contributed by atoms with Gasteiger partial charge in [0.15, 0.2) is 17.1 Å². The summed E-state index contributed by atoms with van der Waals surface area (Å²) < 4.78 is 24.0. The number of benzene rings is 3. The quantitative estimate of drug-likeness (QED) is 0.0384. The summed E-state index contributed by atoms with van der Waals surface area (Å²) in [5.41, 5.74) is 2.44. The maximum absolute atomic E-state index is 13.6. The number of esters is 1. The van der Waals surface area contributed by atoms with Crippen molar-refractivity contribution in [2.24, 2.45) is 10.9 Å². The Morgan fingerprint density at radius 2 is 1.79 bits per heavy atom. The lowest BCUT2D eigenvalue weighted by molar-refractivity contribution is -0.370. The van der Waals surface area contributed by atoms with Gasteiger partial charge in [0.05, 0.1) is 35.0 Å². The van der Waals surface area contributed by atoms with E-state index in [1.54, 1.807) is 32.2 Å². The Morgan fingerprint density at radius 1 is 1.06 bits per heavy atom. The number of ether oxygens (including phenoxy) is 3. The smallest absolute Gasteiger partial charge is 0.334 e. The topological polar surface area (TPSA) is 247 Å². The van der Waals surface area contributed by atoms with E-state index in [-0.39, 0.29) is 65.3 Å². The molecule has 7 unspecified atom stereocenters. The number of rotatable bonds is 17. The maximum atomic E-state index is 13.6. The Labute approximate surface area is 361 Å². The van der Waals surface area contributed by atoms with Crippen molar-refractivity contribution in [3.63, 3.8) is 0 Å². The highest BCUT2D eigenvalue weighted by Crippen LogP contribution is 2.43. The third kappa shape index (κ3) is 9.29. The summed E-state index contributed by atoms with van der Waals surface area (Å²) in [6.45, 7) is 6.66. The van der Waals surface area contributed by atoms with E-state index in [0.29, 0.717) is 23.2 Å². The number of aliphatic imine (C=N–C) groups is 1. The number of allylic oxidation sites excluding steroid dienone is 1. The third-order valence-electron chi connectivity index (χ3n) is 11.0. The number of aldehydes is 1. The summed E-state index contributed by atoms with van der Waals surface area (Å²) in [7, 11) is 0. The zero-order valence-corrected chi connectivity index (χ0v) is 35.0. The molecule has 1 saturated heterocycles. The number of carboxylic acid groups (broad SMARTS) is 1. The van der Waals surface area contributed by atoms with Crippen LogP contribution in [0.2, 0.25) is 0 Å². The minimum absolute atomic E-state index is 0.0262. The summed E-state index contributed by atoms with van der Waals surface area (Å²) in [6.07, 6.45) is -3.70. The van der Waals surface area contributed by atoms with Crippen LogP contribution in [-0.4, -0.2) is 117 Å². The number of hydrogen-bond acceptors (Lipinski definition) is 16. The second-order valence-electron chi connectivity index (χ2n) is 16.2. The number of carbonyl (C=O) groups is 3. The Kier molecular flexibility index (Phi) is 13.3. The van der Waals surface area contributed by atoms with Crippen molar-refractivity contribution in [3.8, 4) is 22.6 Å². The molecule has 0 spiro atoms. The molecule has 7 rings (SSSR count). The monoisotopic (exact) mass is 867 g/mol. The van der Waals surface area contributed by atoms with Crippen molar-refractivity contribution in [3.05, 3.63) is 111 Å². The van der Waals surface area contributed by atoms with Crippen molar-refractivity contribution in [1.82, 2.24) is 10.4 Å². The molecule has 0 radical (unpaired) electrons. The van der Waals surface area contributed by atoms with Crippen LogP contribution in [0.5, 0.6) is 11.5 Å². The van der Waals surface area contributed by atoms with Crippen molar-refractivity contribution in [2.45, 2.75) is 82.9 Å². The Balaban J connectivity index is 1.28. The number of aliphatic hydroxyl groups is 3. The largest absolute Gasteiger partial charge is 0.508 e. The van der Waals surface area contributed by atoms with Crippen LogP contribution in [0.15, 0.2) is 98.5 Å². The molecular formula is C46H49N3O14. The zero-order chi connectivity index (χ0) is 45.2. The van der Waals surface area contributed by atoms with Crippen LogP contribution in [0.25, 0.3) is 27.8 Å². The molecule has 1 fully saturated rings. The number of aliphatic hydroxyl groups excluding tert-OH is 2. The number of hydrogen-bond donors (Lipinski definition) is 6. The lowest BCUT2D eigenvalue weighted by Crippen LogP contribution is -2.74. The third-order valence-corrected chi connectivity index (χ3v) is 11.0. The van der Waals surface area contributed by atoms with Crippen molar-refractivity contribution < 1.29 is 63.4 Å². The van der Waals surface area contributed by atoms with Gasteiger partial charge < -0.3 is 49.0 Å². The van der Waals surface area contributed by atoms with E-state index in [9.17, 15) is 44.7 Å². The molecule has 0 saturated carbocycles. The molecule has 1 aromatic heterocycles. The van der Waals surface area contributed by atoms with E-state index < -0.39 is 60.9 Å². The van der Waals surface area contributed by atoms with E-state index >= 15 is 0 Å².